The second-order valence-electron chi connectivity index (χ2n) is 29.8. The van der Waals surface area contributed by atoms with Crippen molar-refractivity contribution < 1.29 is 112 Å². The third-order valence-electron chi connectivity index (χ3n) is 15.0. The lowest BCUT2D eigenvalue weighted by atomic mass is 10.1. The molecular formula is C80H106N6O24S2. The molecule has 0 fully saturated rings. The monoisotopic (exact) mass is 1600 g/mol. The van der Waals surface area contributed by atoms with Gasteiger partial charge in [-0.1, -0.05) is 66.7 Å². The third-order valence-corrected chi connectivity index (χ3v) is 18.8. The van der Waals surface area contributed by atoms with Crippen molar-refractivity contribution in [3.63, 3.8) is 0 Å². The first-order valence-corrected chi connectivity index (χ1v) is 39.2. The maximum Gasteiger partial charge on any atom is 0.434 e. The molecule has 612 valence electrons. The number of benzene rings is 5. The molecule has 0 aliphatic heterocycles. The number of aryl methyl sites for hydroxylation is 1. The largest absolute Gasteiger partial charge is 0.459 e. The Hall–Kier alpha value is -9.67. The van der Waals surface area contributed by atoms with E-state index in [4.69, 9.17) is 52.1 Å². The maximum absolute atomic E-state index is 15.2. The lowest BCUT2D eigenvalue weighted by Crippen LogP contribution is -2.55. The summed E-state index contributed by atoms with van der Waals surface area (Å²) in [5, 5.41) is 2.53. The molecule has 0 saturated carbocycles. The Labute approximate surface area is 656 Å². The summed E-state index contributed by atoms with van der Waals surface area (Å²) >= 11 is 0. The topological polar surface area (TPSA) is 370 Å². The number of nitrogens with one attached hydrogen (secondary N) is 1. The molecule has 0 radical (unpaired) electrons. The lowest BCUT2D eigenvalue weighted by molar-refractivity contribution is -0.161. The van der Waals surface area contributed by atoms with Gasteiger partial charge in [-0.3, -0.25) is 24.5 Å². The van der Waals surface area contributed by atoms with Gasteiger partial charge in [0.1, 0.15) is 70.0 Å². The number of carbonyl (C=O) groups excluding carboxylic acids is 9. The van der Waals surface area contributed by atoms with Gasteiger partial charge in [0.05, 0.1) is 82.0 Å². The minimum absolute atomic E-state index is 0.0240. The summed E-state index contributed by atoms with van der Waals surface area (Å²) < 4.78 is 122. The van der Waals surface area contributed by atoms with Gasteiger partial charge in [0.15, 0.2) is 0 Å². The highest BCUT2D eigenvalue weighted by molar-refractivity contribution is 7.89. The number of nitrogens with zero attached hydrogens (tertiary/aromatic N) is 5. The summed E-state index contributed by atoms with van der Waals surface area (Å²) in [4.78, 5) is 127. The van der Waals surface area contributed by atoms with E-state index in [1.54, 1.807) is 164 Å². The van der Waals surface area contributed by atoms with Crippen LogP contribution in [0.1, 0.15) is 167 Å². The average molecular weight is 1600 g/mol. The molecule has 0 bridgehead atoms. The van der Waals surface area contributed by atoms with Crippen molar-refractivity contribution >= 4 is 91.2 Å². The van der Waals surface area contributed by atoms with E-state index in [0.29, 0.717) is 37.6 Å². The fourth-order valence-corrected chi connectivity index (χ4v) is 13.4. The molecule has 0 heterocycles. The Morgan fingerprint density at radius 3 is 1.34 bits per heavy atom. The molecule has 1 N–H and O–H groups in total. The highest BCUT2D eigenvalue weighted by Gasteiger charge is 2.44. The van der Waals surface area contributed by atoms with Crippen molar-refractivity contribution in [1.82, 2.24) is 18.2 Å². The molecule has 5 aromatic rings. The first-order chi connectivity index (χ1) is 52.3. The second kappa shape index (κ2) is 43.4. The molecule has 112 heavy (non-hydrogen) atoms. The summed E-state index contributed by atoms with van der Waals surface area (Å²) in [7, 11) is -9.49. The summed E-state index contributed by atoms with van der Waals surface area (Å²) in [6.07, 6.45) is -3.55. The van der Waals surface area contributed by atoms with Crippen molar-refractivity contribution in [2.45, 2.75) is 184 Å². The van der Waals surface area contributed by atoms with Gasteiger partial charge >= 0.3 is 52.4 Å². The normalized spacial score (nSPS) is 13.0. The van der Waals surface area contributed by atoms with Gasteiger partial charge in [-0.05, 0) is 200 Å². The van der Waals surface area contributed by atoms with Crippen molar-refractivity contribution in [2.24, 2.45) is 9.98 Å². The van der Waals surface area contributed by atoms with Crippen LogP contribution in [0.4, 0.5) is 20.1 Å². The number of carbonyl (C=O) groups is 9. The zero-order chi connectivity index (χ0) is 83.2. The predicted octanol–water partition coefficient (Wildman–Crippen LogP) is 11.6. The number of amidine groups is 1. The number of rotatable bonds is 40. The van der Waals surface area contributed by atoms with Gasteiger partial charge in [-0.15, -0.1) is 0 Å². The van der Waals surface area contributed by atoms with Crippen LogP contribution < -0.4 is 14.8 Å². The number of ether oxygens (including phenoxy) is 11. The van der Waals surface area contributed by atoms with Crippen LogP contribution in [-0.4, -0.2) is 201 Å². The van der Waals surface area contributed by atoms with Crippen molar-refractivity contribution in [3.8, 4) is 11.5 Å². The Bertz CT molecular complexity index is 4260. The minimum atomic E-state index is -5.17. The molecule has 2 atom stereocenters. The molecule has 0 aliphatic carbocycles. The smallest absolute Gasteiger partial charge is 0.434 e. The number of hydrogen-bond acceptors (Lipinski definition) is 25. The quantitative estimate of drug-likeness (QED) is 0.00950. The van der Waals surface area contributed by atoms with Crippen LogP contribution in [0, 0.1) is 0 Å². The standard InChI is InChI=1S/C80H106N6O24S2/c1-55(81-74(93)109-79(11,12)13)50-60-22-28-63(29-23-60)70(89)105-66-34-24-59(25-35-66)38-49-111(96,97)84(68(51-56(2)87)72(91)107-77(5,6)7)39-41-100-43-45-102-47-48-103-46-44-101-42-40-85(69(52-57(3)88)73(92)108-78(8,9)10)112(98,99)86(76(95)104-54-62-20-18-17-19-21-62)53-61-26-36-67(37-27-61)106-71(90)64-30-32-65(33-31-64)82-58(4)83-75(94)110-80(14,15)16/h17-37,68-69H,38-54H2,1-16H3,(H,82,83,94)/t68-,69-/m0/s1. The van der Waals surface area contributed by atoms with E-state index in [0.717, 1.165) is 16.8 Å². The van der Waals surface area contributed by atoms with Gasteiger partial charge < -0.3 is 52.1 Å². The summed E-state index contributed by atoms with van der Waals surface area (Å²) in [5.41, 5.74) is -0.188. The first kappa shape index (κ1) is 92.9. The zero-order valence-corrected chi connectivity index (χ0v) is 68.3. The molecular weight excluding hydrogens is 1490 g/mol. The fourth-order valence-electron chi connectivity index (χ4n) is 10.2. The van der Waals surface area contributed by atoms with E-state index in [1.165, 1.54) is 67.6 Å². The zero-order valence-electron chi connectivity index (χ0n) is 66.7. The maximum atomic E-state index is 15.2. The predicted molar refractivity (Wildman–Crippen MR) is 416 cm³/mol. The van der Waals surface area contributed by atoms with Crippen LogP contribution in [0.2, 0.25) is 0 Å². The number of sulfonamides is 1. The van der Waals surface area contributed by atoms with Crippen LogP contribution in [0.3, 0.4) is 0 Å². The Morgan fingerprint density at radius 2 is 0.884 bits per heavy atom. The van der Waals surface area contributed by atoms with E-state index in [-0.39, 0.29) is 106 Å². The lowest BCUT2D eigenvalue weighted by Gasteiger charge is -2.34. The second-order valence-corrected chi connectivity index (χ2v) is 33.7. The van der Waals surface area contributed by atoms with Crippen LogP contribution in [0.15, 0.2) is 137 Å². The number of Topliss-reactive ketones (excluding diaryl/α,β-unsaturated/α-hetero) is 2. The minimum Gasteiger partial charge on any atom is -0.459 e. The van der Waals surface area contributed by atoms with Gasteiger partial charge in [0.25, 0.3) is 0 Å². The third kappa shape index (κ3) is 34.9. The summed E-state index contributed by atoms with van der Waals surface area (Å²) in [6.45, 7) is 23.0. The van der Waals surface area contributed by atoms with Gasteiger partial charge in [-0.25, -0.2) is 37.4 Å². The highest BCUT2D eigenvalue weighted by Crippen LogP contribution is 2.27. The molecule has 5 aromatic carbocycles. The number of alkyl carbamates (subject to hydrolysis) is 1. The van der Waals surface area contributed by atoms with E-state index < -0.39 is 140 Å². The fraction of sp³-hybridized carbons (Fsp3) is 0.487. The number of ketones is 2. The van der Waals surface area contributed by atoms with E-state index >= 15 is 8.42 Å². The molecule has 3 amide bonds. The van der Waals surface area contributed by atoms with Crippen LogP contribution in [-0.2, 0) is 108 Å². The van der Waals surface area contributed by atoms with Crippen molar-refractivity contribution in [3.05, 3.63) is 161 Å². The summed E-state index contributed by atoms with van der Waals surface area (Å²) in [6, 6.07) is 29.5. The molecule has 0 unspecified atom stereocenters. The SMILES string of the molecule is CC(=O)C[C@@H](C(=O)OC(C)(C)C)N(CCOCCOCCOCCOCCN([C@@H](CC(C)=O)C(=O)OC(C)(C)C)S(=O)(=O)N(Cc1ccc(OC(=O)c2ccc(N=C(C)NC(=O)OC(C)(C)C)cc2)cc1)C(=O)OCc1ccccc1)S(=O)(=O)CCc1ccc(OC(=O)c2ccc(CC(C)=NC(=O)OC(C)(C)C)cc2)cc1. The Morgan fingerprint density at radius 1 is 0.464 bits per heavy atom. The number of amides is 3. The van der Waals surface area contributed by atoms with Gasteiger partial charge in [-0.2, -0.15) is 26.3 Å². The molecule has 30 nitrogen and oxygen atoms in total. The van der Waals surface area contributed by atoms with Gasteiger partial charge in [0, 0.05) is 38.1 Å². The Balaban J connectivity index is 1.17. The van der Waals surface area contributed by atoms with Gasteiger partial charge in [0.2, 0.25) is 10.0 Å². The summed E-state index contributed by atoms with van der Waals surface area (Å²) in [5.74, 6) is -4.46. The van der Waals surface area contributed by atoms with Crippen LogP contribution in [0.5, 0.6) is 11.5 Å². The first-order valence-electron chi connectivity index (χ1n) is 36.2. The van der Waals surface area contributed by atoms with Crippen molar-refractivity contribution in [2.75, 3.05) is 71.7 Å². The Kier molecular flexibility index (Phi) is 36.0. The molecule has 0 aromatic heterocycles. The highest BCUT2D eigenvalue weighted by atomic mass is 32.2. The number of esters is 4. The van der Waals surface area contributed by atoms with Crippen LogP contribution in [0.25, 0.3) is 0 Å². The average Bonchev–Trinajstić information content (AvgIpc) is 0.807. The van der Waals surface area contributed by atoms with E-state index in [1.807, 2.05) is 0 Å². The van der Waals surface area contributed by atoms with Crippen molar-refractivity contribution in [1.29, 1.82) is 0 Å². The molecule has 5 rings (SSSR count). The van der Waals surface area contributed by atoms with E-state index in [2.05, 4.69) is 15.3 Å². The molecule has 32 heteroatoms. The number of hydrogen-bond donors (Lipinski definition) is 1. The molecule has 0 spiro atoms. The number of aliphatic imine (C=N–C) groups is 2. The molecule has 0 aliphatic rings. The van der Waals surface area contributed by atoms with E-state index in [9.17, 15) is 51.6 Å². The molecule has 0 saturated heterocycles. The van der Waals surface area contributed by atoms with Crippen LogP contribution >= 0.6 is 0 Å².